The van der Waals surface area contributed by atoms with Gasteiger partial charge in [-0.3, -0.25) is 4.79 Å². The van der Waals surface area contributed by atoms with Crippen LogP contribution in [0.2, 0.25) is 0 Å². The van der Waals surface area contributed by atoms with Gasteiger partial charge in [-0.2, -0.15) is 16.1 Å². The Kier molecular flexibility index (Phi) is 4.97. The van der Waals surface area contributed by atoms with E-state index in [0.717, 1.165) is 55.2 Å². The minimum absolute atomic E-state index is 0.281. The number of nitrogens with zero attached hydrogens (tertiary/aromatic N) is 4. The number of amides is 1. The molecule has 1 aromatic heterocycles. The van der Waals surface area contributed by atoms with E-state index < -0.39 is 0 Å². The summed E-state index contributed by atoms with van der Waals surface area (Å²) in [6, 6.07) is 0.347. The lowest BCUT2D eigenvalue weighted by Crippen LogP contribution is -2.50. The highest BCUT2D eigenvalue weighted by atomic mass is 32.2. The van der Waals surface area contributed by atoms with E-state index in [1.165, 1.54) is 11.5 Å². The molecule has 0 aromatic carbocycles. The van der Waals surface area contributed by atoms with E-state index in [1.54, 1.807) is 0 Å². The minimum atomic E-state index is 0.281. The Morgan fingerprint density at radius 3 is 2.81 bits per heavy atom. The molecule has 0 aliphatic carbocycles. The molecular weight excluding hydrogens is 306 g/mol. The van der Waals surface area contributed by atoms with Crippen LogP contribution in [0.25, 0.3) is 0 Å². The molecule has 1 atom stereocenters. The zero-order valence-corrected chi connectivity index (χ0v) is 13.9. The quantitative estimate of drug-likeness (QED) is 0.877. The van der Waals surface area contributed by atoms with Gasteiger partial charge in [0.2, 0.25) is 11.0 Å². The molecule has 1 aromatic rings. The van der Waals surface area contributed by atoms with Gasteiger partial charge in [0, 0.05) is 68.2 Å². The van der Waals surface area contributed by atoms with E-state index in [9.17, 15) is 4.79 Å². The van der Waals surface area contributed by atoms with Crippen molar-refractivity contribution in [3.8, 4) is 0 Å². The van der Waals surface area contributed by atoms with Crippen LogP contribution in [0.1, 0.15) is 12.2 Å². The maximum Gasteiger partial charge on any atom is 0.224 e. The maximum atomic E-state index is 12.3. The number of piperazine rings is 1. The van der Waals surface area contributed by atoms with Crippen LogP contribution in [0.15, 0.2) is 0 Å². The predicted molar refractivity (Wildman–Crippen MR) is 87.2 cm³/mol. The molecule has 21 heavy (non-hydrogen) atoms. The number of anilines is 1. The Labute approximate surface area is 133 Å². The summed E-state index contributed by atoms with van der Waals surface area (Å²) >= 11 is 3.38. The van der Waals surface area contributed by atoms with Crippen LogP contribution < -0.4 is 10.2 Å². The summed E-state index contributed by atoms with van der Waals surface area (Å²) in [5, 5.41) is 4.41. The first kappa shape index (κ1) is 15.1. The number of nitrogens with one attached hydrogen (secondary N) is 1. The number of hydrogen-bond acceptors (Lipinski definition) is 7. The van der Waals surface area contributed by atoms with Gasteiger partial charge in [0.15, 0.2) is 0 Å². The summed E-state index contributed by atoms with van der Waals surface area (Å²) in [5.74, 6) is 3.32. The second-order valence-corrected chi connectivity index (χ2v) is 7.30. The van der Waals surface area contributed by atoms with Gasteiger partial charge in [0.1, 0.15) is 5.82 Å². The molecule has 8 heteroatoms. The average Bonchev–Trinajstić information content (AvgIpc) is 2.95. The van der Waals surface area contributed by atoms with E-state index in [4.69, 9.17) is 0 Å². The molecule has 2 saturated heterocycles. The number of aromatic nitrogens is 2. The third kappa shape index (κ3) is 3.87. The van der Waals surface area contributed by atoms with Crippen LogP contribution in [-0.2, 0) is 4.79 Å². The van der Waals surface area contributed by atoms with Gasteiger partial charge < -0.3 is 15.1 Å². The molecule has 1 amide bonds. The summed E-state index contributed by atoms with van der Waals surface area (Å²) in [7, 11) is 0. The molecule has 1 N–H and O–H groups in total. The highest BCUT2D eigenvalue weighted by molar-refractivity contribution is 7.99. The highest BCUT2D eigenvalue weighted by Gasteiger charge is 2.25. The molecular formula is C13H21N5OS2. The topological polar surface area (TPSA) is 61.4 Å². The Morgan fingerprint density at radius 1 is 1.38 bits per heavy atom. The van der Waals surface area contributed by atoms with E-state index in [-0.39, 0.29) is 5.91 Å². The van der Waals surface area contributed by atoms with Crippen molar-refractivity contribution in [3.05, 3.63) is 5.82 Å². The predicted octanol–water partition coefficient (Wildman–Crippen LogP) is 0.590. The molecule has 0 bridgehead atoms. The minimum Gasteiger partial charge on any atom is -0.343 e. The van der Waals surface area contributed by atoms with Crippen molar-refractivity contribution in [2.75, 3.05) is 49.1 Å². The fourth-order valence-electron chi connectivity index (χ4n) is 2.65. The molecule has 2 aliphatic rings. The van der Waals surface area contributed by atoms with E-state index in [0.29, 0.717) is 12.5 Å². The standard InChI is InChI=1S/C13H21N5OS2/c1-10-15-13(21-16-10)18-5-3-17(4-6-18)12(19)8-11-9-20-7-2-14-11/h11,14H,2-9H2,1H3. The number of hydrogen-bond donors (Lipinski definition) is 1. The van der Waals surface area contributed by atoms with Gasteiger partial charge in [0.05, 0.1) is 0 Å². The second-order valence-electron chi connectivity index (χ2n) is 5.42. The first-order valence-electron chi connectivity index (χ1n) is 7.36. The van der Waals surface area contributed by atoms with Gasteiger partial charge in [-0.05, 0) is 6.92 Å². The first-order chi connectivity index (χ1) is 10.2. The summed E-state index contributed by atoms with van der Waals surface area (Å²) in [5.41, 5.74) is 0. The second kappa shape index (κ2) is 6.93. The fraction of sp³-hybridized carbons (Fsp3) is 0.769. The maximum absolute atomic E-state index is 12.3. The highest BCUT2D eigenvalue weighted by Crippen LogP contribution is 2.19. The van der Waals surface area contributed by atoms with E-state index in [1.807, 2.05) is 23.6 Å². The first-order valence-corrected chi connectivity index (χ1v) is 9.29. The average molecular weight is 327 g/mol. The van der Waals surface area contributed by atoms with Gasteiger partial charge in [-0.1, -0.05) is 0 Å². The summed E-state index contributed by atoms with van der Waals surface area (Å²) in [4.78, 5) is 21.0. The summed E-state index contributed by atoms with van der Waals surface area (Å²) in [6.45, 7) is 6.22. The normalized spacial score (nSPS) is 23.4. The number of aryl methyl sites for hydroxylation is 1. The number of rotatable bonds is 3. The van der Waals surface area contributed by atoms with Crippen molar-refractivity contribution in [3.63, 3.8) is 0 Å². The van der Waals surface area contributed by atoms with Crippen molar-refractivity contribution in [1.29, 1.82) is 0 Å². The Morgan fingerprint density at radius 2 is 2.19 bits per heavy atom. The van der Waals surface area contributed by atoms with Crippen molar-refractivity contribution in [1.82, 2.24) is 19.6 Å². The van der Waals surface area contributed by atoms with Crippen molar-refractivity contribution in [2.45, 2.75) is 19.4 Å². The SMILES string of the molecule is Cc1nsc(N2CCN(C(=O)CC3CSCCN3)CC2)n1. The smallest absolute Gasteiger partial charge is 0.224 e. The molecule has 0 saturated carbocycles. The number of carbonyl (C=O) groups excluding carboxylic acids is 1. The fourth-order valence-corrected chi connectivity index (χ4v) is 4.33. The van der Waals surface area contributed by atoms with Crippen LogP contribution in [0.3, 0.4) is 0 Å². The third-order valence-corrected chi connectivity index (χ3v) is 5.84. The molecule has 3 heterocycles. The van der Waals surface area contributed by atoms with E-state index >= 15 is 0 Å². The van der Waals surface area contributed by atoms with Crippen molar-refractivity contribution >= 4 is 34.3 Å². The van der Waals surface area contributed by atoms with Gasteiger partial charge in [0.25, 0.3) is 0 Å². The third-order valence-electron chi connectivity index (χ3n) is 3.84. The summed E-state index contributed by atoms with van der Waals surface area (Å²) in [6.07, 6.45) is 0.630. The van der Waals surface area contributed by atoms with Crippen molar-refractivity contribution < 1.29 is 4.79 Å². The van der Waals surface area contributed by atoms with Crippen LogP contribution in [0.4, 0.5) is 5.13 Å². The molecule has 2 fully saturated rings. The molecule has 0 radical (unpaired) electrons. The van der Waals surface area contributed by atoms with Gasteiger partial charge in [-0.15, -0.1) is 0 Å². The van der Waals surface area contributed by atoms with Crippen LogP contribution in [-0.4, -0.2) is 70.4 Å². The Balaban J connectivity index is 1.47. The van der Waals surface area contributed by atoms with Crippen LogP contribution in [0.5, 0.6) is 0 Å². The Bertz CT molecular complexity index is 481. The zero-order valence-electron chi connectivity index (χ0n) is 12.2. The molecule has 2 aliphatic heterocycles. The number of carbonyl (C=O) groups is 1. The lowest BCUT2D eigenvalue weighted by atomic mass is 10.2. The lowest BCUT2D eigenvalue weighted by Gasteiger charge is -2.35. The largest absolute Gasteiger partial charge is 0.343 e. The molecule has 1 unspecified atom stereocenters. The molecule has 3 rings (SSSR count). The number of thioether (sulfide) groups is 1. The molecule has 116 valence electrons. The lowest BCUT2D eigenvalue weighted by molar-refractivity contribution is -0.131. The zero-order chi connectivity index (χ0) is 14.7. The molecule has 6 nitrogen and oxygen atoms in total. The Hall–Kier alpha value is -0.860. The van der Waals surface area contributed by atoms with Crippen LogP contribution >= 0.6 is 23.3 Å². The monoisotopic (exact) mass is 327 g/mol. The van der Waals surface area contributed by atoms with Gasteiger partial charge >= 0.3 is 0 Å². The van der Waals surface area contributed by atoms with E-state index in [2.05, 4.69) is 19.6 Å². The van der Waals surface area contributed by atoms with Gasteiger partial charge in [-0.25, -0.2) is 4.98 Å². The summed E-state index contributed by atoms with van der Waals surface area (Å²) < 4.78 is 4.22. The van der Waals surface area contributed by atoms with Crippen LogP contribution in [0, 0.1) is 6.92 Å². The van der Waals surface area contributed by atoms with Crippen molar-refractivity contribution in [2.24, 2.45) is 0 Å². The molecule has 0 spiro atoms.